The van der Waals surface area contributed by atoms with E-state index in [1.54, 1.807) is 36.7 Å². The molecule has 0 radical (unpaired) electrons. The van der Waals surface area contributed by atoms with Crippen molar-refractivity contribution in [3.8, 4) is 0 Å². The van der Waals surface area contributed by atoms with Crippen LogP contribution in [0.25, 0.3) is 0 Å². The molecule has 0 saturated heterocycles. The van der Waals surface area contributed by atoms with Crippen LogP contribution in [0.2, 0.25) is 0 Å². The van der Waals surface area contributed by atoms with Crippen molar-refractivity contribution in [1.29, 1.82) is 0 Å². The maximum absolute atomic E-state index is 13.4. The number of anilines is 1. The van der Waals surface area contributed by atoms with Crippen molar-refractivity contribution in [3.63, 3.8) is 0 Å². The van der Waals surface area contributed by atoms with Crippen LogP contribution in [-0.4, -0.2) is 25.2 Å². The highest BCUT2D eigenvalue weighted by Gasteiger charge is 2.38. The molecule has 1 aliphatic rings. The van der Waals surface area contributed by atoms with Gasteiger partial charge in [-0.3, -0.25) is 4.98 Å². The number of benzene rings is 2. The predicted octanol–water partition coefficient (Wildman–Crippen LogP) is 5.08. The highest BCUT2D eigenvalue weighted by Crippen LogP contribution is 2.41. The molecule has 2 N–H and O–H groups in total. The van der Waals surface area contributed by atoms with Gasteiger partial charge in [0.1, 0.15) is 0 Å². The zero-order valence-electron chi connectivity index (χ0n) is 18.5. The third kappa shape index (κ3) is 5.79. The predicted molar refractivity (Wildman–Crippen MR) is 130 cm³/mol. The molecule has 3 aromatic rings. The number of aromatic nitrogens is 1. The Kier molecular flexibility index (Phi) is 7.08. The first-order valence-electron chi connectivity index (χ1n) is 11.3. The van der Waals surface area contributed by atoms with Crippen LogP contribution in [0.15, 0.2) is 84.0 Å². The average molecular weight is 464 g/mol. The van der Waals surface area contributed by atoms with Crippen LogP contribution in [0.1, 0.15) is 43.2 Å². The van der Waals surface area contributed by atoms with Crippen LogP contribution in [0.5, 0.6) is 0 Å². The Labute approximate surface area is 195 Å². The number of hydrogen-bond acceptors (Lipinski definition) is 4. The van der Waals surface area contributed by atoms with Gasteiger partial charge in [-0.15, -0.1) is 0 Å². The quantitative estimate of drug-likeness (QED) is 0.511. The number of nitrogens with zero attached hydrogens (tertiary/aromatic N) is 1. The summed E-state index contributed by atoms with van der Waals surface area (Å²) in [6, 6.07) is 19.8. The average Bonchev–Trinajstić information content (AvgIpc) is 2.85. The van der Waals surface area contributed by atoms with Gasteiger partial charge in [-0.2, -0.15) is 0 Å². The van der Waals surface area contributed by atoms with Crippen molar-refractivity contribution >= 4 is 21.6 Å². The number of pyridine rings is 1. The fraction of sp³-hybridized carbons (Fsp3) is 0.308. The number of urea groups is 1. The van der Waals surface area contributed by atoms with Gasteiger partial charge in [0.05, 0.1) is 10.6 Å². The molecule has 0 aliphatic heterocycles. The number of carbonyl (C=O) groups excluding carboxylic acids is 1. The van der Waals surface area contributed by atoms with Crippen molar-refractivity contribution in [2.24, 2.45) is 0 Å². The van der Waals surface area contributed by atoms with Gasteiger partial charge in [0.25, 0.3) is 0 Å². The number of nitrogens with one attached hydrogen (secondary N) is 2. The van der Waals surface area contributed by atoms with Crippen LogP contribution in [0, 0.1) is 0 Å². The van der Waals surface area contributed by atoms with E-state index < -0.39 is 9.84 Å². The lowest BCUT2D eigenvalue weighted by atomic mass is 9.71. The Morgan fingerprint density at radius 2 is 1.64 bits per heavy atom. The molecule has 0 unspecified atom stereocenters. The van der Waals surface area contributed by atoms with Crippen LogP contribution in [-0.2, 0) is 21.8 Å². The summed E-state index contributed by atoms with van der Waals surface area (Å²) >= 11 is 0. The zero-order valence-corrected chi connectivity index (χ0v) is 19.4. The molecule has 33 heavy (non-hydrogen) atoms. The van der Waals surface area contributed by atoms with E-state index in [0.29, 0.717) is 12.2 Å². The van der Waals surface area contributed by atoms with E-state index >= 15 is 0 Å². The van der Waals surface area contributed by atoms with Crippen molar-refractivity contribution in [1.82, 2.24) is 10.3 Å². The van der Waals surface area contributed by atoms with Gasteiger partial charge in [0.2, 0.25) is 0 Å². The number of amides is 2. The molecule has 6 nitrogen and oxygen atoms in total. The third-order valence-corrected chi connectivity index (χ3v) is 8.23. The molecule has 1 aromatic heterocycles. The van der Waals surface area contributed by atoms with Crippen molar-refractivity contribution in [3.05, 3.63) is 90.3 Å². The maximum atomic E-state index is 13.4. The van der Waals surface area contributed by atoms with Crippen LogP contribution in [0.4, 0.5) is 10.5 Å². The van der Waals surface area contributed by atoms with E-state index in [2.05, 4.69) is 27.8 Å². The molecular weight excluding hydrogens is 434 g/mol. The van der Waals surface area contributed by atoms with Crippen molar-refractivity contribution in [2.45, 2.75) is 49.0 Å². The number of carbonyl (C=O) groups is 1. The van der Waals surface area contributed by atoms with Gasteiger partial charge in [-0.25, -0.2) is 13.2 Å². The highest BCUT2D eigenvalue weighted by molar-refractivity contribution is 7.91. The minimum Gasteiger partial charge on any atom is -0.334 e. The van der Waals surface area contributed by atoms with Crippen LogP contribution in [0.3, 0.4) is 0 Å². The fourth-order valence-corrected chi connectivity index (χ4v) is 6.49. The summed E-state index contributed by atoms with van der Waals surface area (Å²) in [5, 5.41) is 5.50. The minimum atomic E-state index is -3.49. The Morgan fingerprint density at radius 1 is 0.909 bits per heavy atom. The molecular formula is C26H29N3O3S. The lowest BCUT2D eigenvalue weighted by molar-refractivity contribution is 0.251. The second-order valence-corrected chi connectivity index (χ2v) is 10.6. The maximum Gasteiger partial charge on any atom is 0.319 e. The van der Waals surface area contributed by atoms with Gasteiger partial charge in [0.15, 0.2) is 9.84 Å². The van der Waals surface area contributed by atoms with Gasteiger partial charge < -0.3 is 10.6 Å². The summed E-state index contributed by atoms with van der Waals surface area (Å²) < 4.78 is 26.7. The van der Waals surface area contributed by atoms with Gasteiger partial charge in [-0.1, -0.05) is 55.7 Å². The molecule has 1 aliphatic carbocycles. The Hall–Kier alpha value is -3.19. The molecule has 172 valence electrons. The zero-order chi connectivity index (χ0) is 23.2. The van der Waals surface area contributed by atoms with Gasteiger partial charge in [-0.05, 0) is 54.3 Å². The summed E-state index contributed by atoms with van der Waals surface area (Å²) in [5.41, 5.74) is 2.19. The first-order chi connectivity index (χ1) is 16.0. The topological polar surface area (TPSA) is 88.2 Å². The first kappa shape index (κ1) is 23.0. The van der Waals surface area contributed by atoms with Crippen LogP contribution >= 0.6 is 0 Å². The highest BCUT2D eigenvalue weighted by atomic mass is 32.2. The number of rotatable bonds is 7. The van der Waals surface area contributed by atoms with E-state index in [1.165, 1.54) is 0 Å². The minimum absolute atomic E-state index is 0.0996. The van der Waals surface area contributed by atoms with E-state index in [0.717, 1.165) is 43.2 Å². The molecule has 2 amide bonds. The Balaban J connectivity index is 1.43. The molecule has 7 heteroatoms. The first-order valence-corrected chi connectivity index (χ1v) is 12.9. The molecule has 0 atom stereocenters. The van der Waals surface area contributed by atoms with Crippen molar-refractivity contribution in [2.75, 3.05) is 11.1 Å². The molecule has 2 aromatic carbocycles. The smallest absolute Gasteiger partial charge is 0.319 e. The van der Waals surface area contributed by atoms with E-state index in [1.807, 2.05) is 30.3 Å². The largest absolute Gasteiger partial charge is 0.334 e. The Morgan fingerprint density at radius 3 is 2.30 bits per heavy atom. The van der Waals surface area contributed by atoms with Gasteiger partial charge in [0, 0.05) is 30.0 Å². The molecule has 1 saturated carbocycles. The number of hydrogen-bond donors (Lipinski definition) is 2. The monoisotopic (exact) mass is 463 g/mol. The van der Waals surface area contributed by atoms with Crippen molar-refractivity contribution < 1.29 is 13.2 Å². The van der Waals surface area contributed by atoms with E-state index in [9.17, 15) is 13.2 Å². The molecule has 4 rings (SSSR count). The molecule has 1 fully saturated rings. The standard InChI is InChI=1S/C26H29N3O3S/c30-25(28-19-21-8-7-17-27-18-21)29-23-11-13-24(14-12-23)33(31,32)20-26(15-5-2-6-16-26)22-9-3-1-4-10-22/h1,3-4,7-14,17-18H,2,5-6,15-16,19-20H2,(H2,28,29,30). The summed E-state index contributed by atoms with van der Waals surface area (Å²) in [6.07, 6.45) is 8.37. The Bertz CT molecular complexity index is 1160. The fourth-order valence-electron chi connectivity index (χ4n) is 4.59. The van der Waals surface area contributed by atoms with E-state index in [-0.39, 0.29) is 22.1 Å². The summed E-state index contributed by atoms with van der Waals surface area (Å²) in [6.45, 7) is 0.355. The van der Waals surface area contributed by atoms with Crippen LogP contribution < -0.4 is 10.6 Å². The number of sulfone groups is 1. The van der Waals surface area contributed by atoms with E-state index in [4.69, 9.17) is 0 Å². The second-order valence-electron chi connectivity index (χ2n) is 8.66. The second kappa shape index (κ2) is 10.2. The summed E-state index contributed by atoms with van der Waals surface area (Å²) in [4.78, 5) is 16.5. The lowest BCUT2D eigenvalue weighted by Crippen LogP contribution is -2.36. The van der Waals surface area contributed by atoms with Gasteiger partial charge >= 0.3 is 6.03 Å². The summed E-state index contributed by atoms with van der Waals surface area (Å²) in [5.74, 6) is 0.0996. The third-order valence-electron chi connectivity index (χ3n) is 6.31. The normalized spacial score (nSPS) is 15.5. The summed E-state index contributed by atoms with van der Waals surface area (Å²) in [7, 11) is -3.49. The SMILES string of the molecule is O=C(NCc1cccnc1)Nc1ccc(S(=O)(=O)CC2(c3ccccc3)CCCCC2)cc1. The lowest BCUT2D eigenvalue weighted by Gasteiger charge is -2.37. The molecule has 1 heterocycles. The molecule has 0 bridgehead atoms. The molecule has 0 spiro atoms.